The number of hydrogen-bond donors (Lipinski definition) is 0. The van der Waals surface area contributed by atoms with Gasteiger partial charge in [0.15, 0.2) is 12.9 Å². The number of ether oxygens (including phenoxy) is 3. The molecule has 1 amide bonds. The number of carbonyl (C=O) groups excluding carboxylic acids is 1. The maximum absolute atomic E-state index is 12.5. The van der Waals surface area contributed by atoms with Gasteiger partial charge in [0.25, 0.3) is 11.6 Å². The Morgan fingerprint density at radius 2 is 2.12 bits per heavy atom. The molecule has 2 aliphatic heterocycles. The van der Waals surface area contributed by atoms with Gasteiger partial charge in [0, 0.05) is 12.6 Å². The van der Waals surface area contributed by atoms with Crippen molar-refractivity contribution in [2.24, 2.45) is 0 Å². The molecule has 0 aromatic heterocycles. The van der Waals surface area contributed by atoms with Crippen LogP contribution in [0.4, 0.5) is 5.69 Å². The van der Waals surface area contributed by atoms with Crippen molar-refractivity contribution >= 4 is 11.6 Å². The second-order valence-corrected chi connectivity index (χ2v) is 5.80. The topological polar surface area (TPSA) is 91.1 Å². The zero-order valence-corrected chi connectivity index (χ0v) is 13.3. The molecule has 1 aromatic carbocycles. The van der Waals surface area contributed by atoms with E-state index in [-0.39, 0.29) is 30.5 Å². The van der Waals surface area contributed by atoms with E-state index < -0.39 is 4.92 Å². The van der Waals surface area contributed by atoms with Gasteiger partial charge in [-0.1, -0.05) is 6.07 Å². The summed E-state index contributed by atoms with van der Waals surface area (Å²) in [6.45, 7) is 1.58. The summed E-state index contributed by atoms with van der Waals surface area (Å²) < 4.78 is 16.5. The first-order chi connectivity index (χ1) is 11.6. The lowest BCUT2D eigenvalue weighted by atomic mass is 10.0. The Morgan fingerprint density at radius 3 is 2.88 bits per heavy atom. The predicted octanol–water partition coefficient (Wildman–Crippen LogP) is 1.73. The fourth-order valence-electron chi connectivity index (χ4n) is 3.06. The van der Waals surface area contributed by atoms with Crippen LogP contribution in [0.1, 0.15) is 19.3 Å². The summed E-state index contributed by atoms with van der Waals surface area (Å²) in [4.78, 5) is 24.5. The fraction of sp³-hybridized carbons (Fsp3) is 0.562. The highest BCUT2D eigenvalue weighted by atomic mass is 16.7. The van der Waals surface area contributed by atoms with Crippen LogP contribution in [0.2, 0.25) is 0 Å². The van der Waals surface area contributed by atoms with Gasteiger partial charge in [-0.2, -0.15) is 0 Å². The van der Waals surface area contributed by atoms with E-state index in [4.69, 9.17) is 14.2 Å². The number of hydrogen-bond acceptors (Lipinski definition) is 6. The average molecular weight is 336 g/mol. The molecule has 8 heteroatoms. The normalized spacial score (nSPS) is 21.7. The van der Waals surface area contributed by atoms with Crippen molar-refractivity contribution in [3.8, 4) is 5.75 Å². The van der Waals surface area contributed by atoms with Crippen molar-refractivity contribution in [1.82, 2.24) is 4.90 Å². The lowest BCUT2D eigenvalue weighted by molar-refractivity contribution is -0.384. The first-order valence-electron chi connectivity index (χ1n) is 8.05. The van der Waals surface area contributed by atoms with Gasteiger partial charge in [-0.3, -0.25) is 14.9 Å². The number of likely N-dealkylation sites (tertiary alicyclic amines) is 1. The highest BCUT2D eigenvalue weighted by molar-refractivity contribution is 5.78. The Kier molecular flexibility index (Phi) is 5.27. The quantitative estimate of drug-likeness (QED) is 0.601. The van der Waals surface area contributed by atoms with Crippen LogP contribution in [-0.2, 0) is 14.3 Å². The minimum atomic E-state index is -0.496. The number of nitro benzene ring substituents is 1. The van der Waals surface area contributed by atoms with Crippen LogP contribution in [0.25, 0.3) is 0 Å². The van der Waals surface area contributed by atoms with Gasteiger partial charge >= 0.3 is 0 Å². The number of non-ortho nitro benzene ring substituents is 1. The molecule has 2 heterocycles. The van der Waals surface area contributed by atoms with Gasteiger partial charge in [0.05, 0.1) is 30.2 Å². The summed E-state index contributed by atoms with van der Waals surface area (Å²) in [5.74, 6) is 0.143. The van der Waals surface area contributed by atoms with Crippen LogP contribution < -0.4 is 4.74 Å². The SMILES string of the molecule is O=C(COc1cccc([N+](=O)[O-])c1)N1CCCC[C@@H]1C1OCCO1. The van der Waals surface area contributed by atoms with Crippen molar-refractivity contribution in [2.45, 2.75) is 31.6 Å². The molecule has 0 bridgehead atoms. The number of nitrogens with zero attached hydrogens (tertiary/aromatic N) is 2. The molecule has 2 saturated heterocycles. The third kappa shape index (κ3) is 3.82. The maximum atomic E-state index is 12.5. The van der Waals surface area contributed by atoms with E-state index in [1.54, 1.807) is 11.0 Å². The van der Waals surface area contributed by atoms with E-state index in [0.29, 0.717) is 25.5 Å². The van der Waals surface area contributed by atoms with E-state index >= 15 is 0 Å². The number of nitro groups is 1. The summed E-state index contributed by atoms with van der Waals surface area (Å²) in [6.07, 6.45) is 2.44. The Hall–Kier alpha value is -2.19. The maximum Gasteiger partial charge on any atom is 0.273 e. The van der Waals surface area contributed by atoms with Crippen LogP contribution in [0, 0.1) is 10.1 Å². The van der Waals surface area contributed by atoms with Gasteiger partial charge in [0.1, 0.15) is 5.75 Å². The molecule has 0 N–H and O–H groups in total. The Morgan fingerprint density at radius 1 is 1.33 bits per heavy atom. The minimum Gasteiger partial charge on any atom is -0.484 e. The fourth-order valence-corrected chi connectivity index (χ4v) is 3.06. The standard InChI is InChI=1S/C16H20N2O6/c19-15(11-24-13-5-3-4-12(10-13)18(20)21)17-7-2-1-6-14(17)16-22-8-9-23-16/h3-5,10,14,16H,1-2,6-9,11H2/t14-/m1/s1. The van der Waals surface area contributed by atoms with Crippen LogP contribution >= 0.6 is 0 Å². The summed E-state index contributed by atoms with van der Waals surface area (Å²) in [5, 5.41) is 10.8. The lowest BCUT2D eigenvalue weighted by Gasteiger charge is -2.37. The molecule has 0 aliphatic carbocycles. The Bertz CT molecular complexity index is 602. The second-order valence-electron chi connectivity index (χ2n) is 5.80. The monoisotopic (exact) mass is 336 g/mol. The number of carbonyl (C=O) groups is 1. The molecule has 0 radical (unpaired) electrons. The lowest BCUT2D eigenvalue weighted by Crippen LogP contribution is -2.51. The van der Waals surface area contributed by atoms with Crippen molar-refractivity contribution in [1.29, 1.82) is 0 Å². The Balaban J connectivity index is 1.60. The zero-order chi connectivity index (χ0) is 16.9. The third-order valence-electron chi connectivity index (χ3n) is 4.22. The molecule has 1 atom stereocenters. The Labute approximate surface area is 139 Å². The molecule has 0 saturated carbocycles. The van der Waals surface area contributed by atoms with Gasteiger partial charge in [-0.15, -0.1) is 0 Å². The highest BCUT2D eigenvalue weighted by Crippen LogP contribution is 2.25. The predicted molar refractivity (Wildman–Crippen MR) is 83.6 cm³/mol. The molecule has 24 heavy (non-hydrogen) atoms. The van der Waals surface area contributed by atoms with Crippen LogP contribution in [-0.4, -0.2) is 54.4 Å². The molecule has 3 rings (SSSR count). The van der Waals surface area contributed by atoms with Crippen molar-refractivity contribution in [3.63, 3.8) is 0 Å². The van der Waals surface area contributed by atoms with Crippen LogP contribution in [0.3, 0.4) is 0 Å². The summed E-state index contributed by atoms with van der Waals surface area (Å²) in [7, 11) is 0. The van der Waals surface area contributed by atoms with E-state index in [9.17, 15) is 14.9 Å². The van der Waals surface area contributed by atoms with Crippen molar-refractivity contribution < 1.29 is 23.9 Å². The summed E-state index contributed by atoms with van der Waals surface area (Å²) in [5.41, 5.74) is -0.0662. The molecule has 0 spiro atoms. The van der Waals surface area contributed by atoms with E-state index in [0.717, 1.165) is 19.3 Å². The molecule has 2 aliphatic rings. The first-order valence-corrected chi connectivity index (χ1v) is 8.05. The highest BCUT2D eigenvalue weighted by Gasteiger charge is 2.36. The molecular formula is C16H20N2O6. The van der Waals surface area contributed by atoms with Crippen LogP contribution in [0.15, 0.2) is 24.3 Å². The largest absolute Gasteiger partial charge is 0.484 e. The molecular weight excluding hydrogens is 316 g/mol. The van der Waals surface area contributed by atoms with Crippen LogP contribution in [0.5, 0.6) is 5.75 Å². The van der Waals surface area contributed by atoms with Crippen molar-refractivity contribution in [3.05, 3.63) is 34.4 Å². The van der Waals surface area contributed by atoms with Gasteiger partial charge in [-0.05, 0) is 25.3 Å². The van der Waals surface area contributed by atoms with Gasteiger partial charge in [-0.25, -0.2) is 0 Å². The smallest absolute Gasteiger partial charge is 0.273 e. The number of benzene rings is 1. The number of amides is 1. The second kappa shape index (κ2) is 7.59. The minimum absolute atomic E-state index is 0.0662. The summed E-state index contributed by atoms with van der Waals surface area (Å²) in [6, 6.07) is 5.72. The van der Waals surface area contributed by atoms with Crippen molar-refractivity contribution in [2.75, 3.05) is 26.4 Å². The molecule has 2 fully saturated rings. The van der Waals surface area contributed by atoms with Gasteiger partial charge < -0.3 is 19.1 Å². The third-order valence-corrected chi connectivity index (χ3v) is 4.22. The zero-order valence-electron chi connectivity index (χ0n) is 13.3. The number of piperidine rings is 1. The van der Waals surface area contributed by atoms with E-state index in [2.05, 4.69) is 0 Å². The van der Waals surface area contributed by atoms with E-state index in [1.807, 2.05) is 0 Å². The average Bonchev–Trinajstić information content (AvgIpc) is 3.14. The first kappa shape index (κ1) is 16.7. The molecule has 8 nitrogen and oxygen atoms in total. The number of rotatable bonds is 5. The van der Waals surface area contributed by atoms with E-state index in [1.165, 1.54) is 18.2 Å². The molecule has 130 valence electrons. The summed E-state index contributed by atoms with van der Waals surface area (Å²) >= 11 is 0. The molecule has 1 aromatic rings. The van der Waals surface area contributed by atoms with Gasteiger partial charge in [0.2, 0.25) is 0 Å². The molecule has 0 unspecified atom stereocenters.